The number of aryl methyl sites for hydroxylation is 1. The van der Waals surface area contributed by atoms with Crippen LogP contribution in [-0.4, -0.2) is 16.4 Å². The van der Waals surface area contributed by atoms with Crippen molar-refractivity contribution in [2.75, 3.05) is 6.54 Å². The van der Waals surface area contributed by atoms with E-state index in [9.17, 15) is 0 Å². The molecular weight excluding hydrogens is 234 g/mol. The lowest BCUT2D eigenvalue weighted by molar-refractivity contribution is 0.204. The Bertz CT molecular complexity index is 555. The molecule has 1 aromatic heterocycles. The highest BCUT2D eigenvalue weighted by Crippen LogP contribution is 2.31. The molecule has 0 amide bonds. The number of hydrogen-bond donors (Lipinski definition) is 1. The lowest BCUT2D eigenvalue weighted by atomic mass is 10.0. The van der Waals surface area contributed by atoms with Gasteiger partial charge < -0.3 is 5.73 Å². The van der Waals surface area contributed by atoms with E-state index >= 15 is 0 Å². The number of pyridine rings is 1. The largest absolute Gasteiger partial charge is 0.329 e. The van der Waals surface area contributed by atoms with Crippen LogP contribution in [-0.2, 0) is 13.1 Å². The first-order valence-electron chi connectivity index (χ1n) is 6.71. The lowest BCUT2D eigenvalue weighted by Crippen LogP contribution is -2.30. The Labute approximate surface area is 114 Å². The minimum atomic E-state index is 0.251. The molecule has 1 aromatic carbocycles. The van der Waals surface area contributed by atoms with Crippen LogP contribution in [0.25, 0.3) is 0 Å². The smallest absolute Gasteiger partial charge is 0.0495 e. The molecule has 1 aliphatic heterocycles. The van der Waals surface area contributed by atoms with E-state index in [0.29, 0.717) is 6.54 Å². The van der Waals surface area contributed by atoms with E-state index < -0.39 is 0 Å². The normalized spacial score (nSPS) is 16.3. The van der Waals surface area contributed by atoms with Gasteiger partial charge in [-0.05, 0) is 35.2 Å². The fraction of sp³-hybridized carbons (Fsp3) is 0.312. The molecule has 19 heavy (non-hydrogen) atoms. The van der Waals surface area contributed by atoms with Crippen LogP contribution in [0.3, 0.4) is 0 Å². The highest BCUT2D eigenvalue weighted by molar-refractivity contribution is 5.32. The number of hydrogen-bond acceptors (Lipinski definition) is 3. The second-order valence-electron chi connectivity index (χ2n) is 5.16. The predicted molar refractivity (Wildman–Crippen MR) is 76.5 cm³/mol. The maximum Gasteiger partial charge on any atom is 0.0495 e. The second-order valence-corrected chi connectivity index (χ2v) is 5.16. The van der Waals surface area contributed by atoms with Gasteiger partial charge in [0.05, 0.1) is 0 Å². The Balaban J connectivity index is 1.88. The molecule has 2 aromatic rings. The van der Waals surface area contributed by atoms with Gasteiger partial charge in [-0.25, -0.2) is 0 Å². The molecule has 0 bridgehead atoms. The summed E-state index contributed by atoms with van der Waals surface area (Å²) in [5.41, 5.74) is 11.4. The van der Waals surface area contributed by atoms with Gasteiger partial charge >= 0.3 is 0 Å². The van der Waals surface area contributed by atoms with Crippen molar-refractivity contribution >= 4 is 0 Å². The highest BCUT2D eigenvalue weighted by Gasteiger charge is 2.26. The Morgan fingerprint density at radius 1 is 1.21 bits per heavy atom. The number of nitrogens with zero attached hydrogens (tertiary/aromatic N) is 2. The van der Waals surface area contributed by atoms with Gasteiger partial charge in [0.1, 0.15) is 0 Å². The van der Waals surface area contributed by atoms with Crippen LogP contribution >= 0.6 is 0 Å². The zero-order chi connectivity index (χ0) is 13.2. The first-order valence-corrected chi connectivity index (χ1v) is 6.71. The average molecular weight is 253 g/mol. The summed E-state index contributed by atoms with van der Waals surface area (Å²) in [5.74, 6) is 0. The van der Waals surface area contributed by atoms with Gasteiger partial charge in [0, 0.05) is 38.1 Å². The summed E-state index contributed by atoms with van der Waals surface area (Å²) in [4.78, 5) is 6.69. The van der Waals surface area contributed by atoms with Crippen LogP contribution in [0.5, 0.6) is 0 Å². The van der Waals surface area contributed by atoms with Crippen molar-refractivity contribution in [3.8, 4) is 0 Å². The molecule has 3 heteroatoms. The number of nitrogens with two attached hydrogens (primary N) is 1. The minimum Gasteiger partial charge on any atom is -0.329 e. The predicted octanol–water partition coefficient (Wildman–Crippen LogP) is 2.41. The molecule has 0 aliphatic carbocycles. The number of benzene rings is 1. The number of rotatable bonds is 3. The van der Waals surface area contributed by atoms with Crippen molar-refractivity contribution in [2.45, 2.75) is 26.1 Å². The number of aromatic nitrogens is 1. The standard InChI is InChI=1S/C16H19N3/c1-12-6-7-18-9-15(12)16(8-17)19-10-13-4-2-3-5-14(13)11-19/h2-7,9,16H,8,10-11,17H2,1H3. The molecular formula is C16H19N3. The molecule has 98 valence electrons. The van der Waals surface area contributed by atoms with Crippen molar-refractivity contribution in [3.05, 3.63) is 65.0 Å². The summed E-state index contributed by atoms with van der Waals surface area (Å²) in [5, 5.41) is 0. The van der Waals surface area contributed by atoms with Crippen LogP contribution in [0.1, 0.15) is 28.3 Å². The van der Waals surface area contributed by atoms with E-state index in [1.165, 1.54) is 22.3 Å². The summed E-state index contributed by atoms with van der Waals surface area (Å²) >= 11 is 0. The molecule has 3 nitrogen and oxygen atoms in total. The van der Waals surface area contributed by atoms with Crippen molar-refractivity contribution in [1.29, 1.82) is 0 Å². The molecule has 2 N–H and O–H groups in total. The Hall–Kier alpha value is -1.71. The molecule has 0 saturated carbocycles. The molecule has 0 fully saturated rings. The third-order valence-corrected chi connectivity index (χ3v) is 3.97. The van der Waals surface area contributed by atoms with Crippen molar-refractivity contribution < 1.29 is 0 Å². The highest BCUT2D eigenvalue weighted by atomic mass is 15.2. The van der Waals surface area contributed by atoms with E-state index in [1.54, 1.807) is 0 Å². The van der Waals surface area contributed by atoms with E-state index in [1.807, 2.05) is 12.4 Å². The van der Waals surface area contributed by atoms with E-state index in [-0.39, 0.29) is 6.04 Å². The topological polar surface area (TPSA) is 42.1 Å². The summed E-state index contributed by atoms with van der Waals surface area (Å²) < 4.78 is 0. The summed E-state index contributed by atoms with van der Waals surface area (Å²) in [7, 11) is 0. The fourth-order valence-corrected chi connectivity index (χ4v) is 2.88. The zero-order valence-corrected chi connectivity index (χ0v) is 11.2. The van der Waals surface area contributed by atoms with Gasteiger partial charge in [0.25, 0.3) is 0 Å². The average Bonchev–Trinajstić information content (AvgIpc) is 2.85. The Morgan fingerprint density at radius 3 is 2.47 bits per heavy atom. The van der Waals surface area contributed by atoms with Crippen LogP contribution in [0, 0.1) is 6.92 Å². The maximum absolute atomic E-state index is 6.02. The van der Waals surface area contributed by atoms with Crippen molar-refractivity contribution in [1.82, 2.24) is 9.88 Å². The minimum absolute atomic E-state index is 0.251. The Kier molecular flexibility index (Phi) is 3.32. The first-order chi connectivity index (χ1) is 9.29. The van der Waals surface area contributed by atoms with Gasteiger partial charge in [0.15, 0.2) is 0 Å². The molecule has 1 aliphatic rings. The monoisotopic (exact) mass is 253 g/mol. The van der Waals surface area contributed by atoms with Gasteiger partial charge in [-0.1, -0.05) is 24.3 Å². The van der Waals surface area contributed by atoms with Crippen LogP contribution in [0.2, 0.25) is 0 Å². The molecule has 1 atom stereocenters. The van der Waals surface area contributed by atoms with Gasteiger partial charge in [-0.2, -0.15) is 0 Å². The van der Waals surface area contributed by atoms with E-state index in [4.69, 9.17) is 5.73 Å². The summed E-state index contributed by atoms with van der Waals surface area (Å²) in [6.45, 7) is 4.71. The molecule has 3 rings (SSSR count). The summed E-state index contributed by atoms with van der Waals surface area (Å²) in [6, 6.07) is 10.9. The molecule has 0 radical (unpaired) electrons. The van der Waals surface area contributed by atoms with Crippen LogP contribution in [0.15, 0.2) is 42.7 Å². The lowest BCUT2D eigenvalue weighted by Gasteiger charge is -2.27. The zero-order valence-electron chi connectivity index (χ0n) is 11.2. The Morgan fingerprint density at radius 2 is 1.89 bits per heavy atom. The third kappa shape index (κ3) is 2.27. The SMILES string of the molecule is Cc1ccncc1C(CN)N1Cc2ccccc2C1. The number of fused-ring (bicyclic) bond motifs is 1. The van der Waals surface area contributed by atoms with Gasteiger partial charge in [0.2, 0.25) is 0 Å². The molecule has 0 saturated heterocycles. The maximum atomic E-state index is 6.02. The quantitative estimate of drug-likeness (QED) is 0.913. The van der Waals surface area contributed by atoms with E-state index in [2.05, 4.69) is 47.1 Å². The van der Waals surface area contributed by atoms with Crippen LogP contribution in [0.4, 0.5) is 0 Å². The third-order valence-electron chi connectivity index (χ3n) is 3.97. The van der Waals surface area contributed by atoms with Crippen LogP contribution < -0.4 is 5.73 Å². The van der Waals surface area contributed by atoms with Crippen molar-refractivity contribution in [3.63, 3.8) is 0 Å². The fourth-order valence-electron chi connectivity index (χ4n) is 2.88. The van der Waals surface area contributed by atoms with Crippen molar-refractivity contribution in [2.24, 2.45) is 5.73 Å². The van der Waals surface area contributed by atoms with E-state index in [0.717, 1.165) is 13.1 Å². The molecule has 2 heterocycles. The first kappa shape index (κ1) is 12.3. The van der Waals surface area contributed by atoms with Gasteiger partial charge in [-0.15, -0.1) is 0 Å². The second kappa shape index (κ2) is 5.11. The summed E-state index contributed by atoms with van der Waals surface area (Å²) in [6.07, 6.45) is 3.79. The van der Waals surface area contributed by atoms with Gasteiger partial charge in [-0.3, -0.25) is 9.88 Å². The molecule has 0 spiro atoms. The molecule has 1 unspecified atom stereocenters.